The lowest BCUT2D eigenvalue weighted by Gasteiger charge is -2.13. The molecule has 0 bridgehead atoms. The molecule has 1 unspecified atom stereocenters. The van der Waals surface area contributed by atoms with Crippen LogP contribution in [0.25, 0.3) is 0 Å². The van der Waals surface area contributed by atoms with E-state index in [9.17, 15) is 13.2 Å². The Morgan fingerprint density at radius 3 is 2.50 bits per heavy atom. The van der Waals surface area contributed by atoms with Gasteiger partial charge in [-0.05, 0) is 25.8 Å². The largest absolute Gasteiger partial charge is 0.315 e. The summed E-state index contributed by atoms with van der Waals surface area (Å²) >= 11 is 0.708. The summed E-state index contributed by atoms with van der Waals surface area (Å²) in [6, 6.07) is 9.39. The number of hydrogen-bond acceptors (Lipinski definition) is 4. The Bertz CT molecular complexity index is 732. The van der Waals surface area contributed by atoms with Gasteiger partial charge in [0, 0.05) is 11.7 Å². The Morgan fingerprint density at radius 1 is 1.30 bits per heavy atom. The standard InChI is InChI=1S/C13H16N2O3S2/c1-9(8-11-6-4-3-5-7-11)15-20(17,18)12-10(2)14-13(16)19-12/h3-7,9,15H,8H2,1-2H3,(H,14,16). The Morgan fingerprint density at radius 2 is 1.95 bits per heavy atom. The maximum Gasteiger partial charge on any atom is 0.305 e. The fourth-order valence-corrected chi connectivity index (χ4v) is 4.54. The SMILES string of the molecule is Cc1[nH]c(=O)sc1S(=O)(=O)NC(C)Cc1ccccc1. The van der Waals surface area contributed by atoms with Crippen LogP contribution in [-0.2, 0) is 16.4 Å². The summed E-state index contributed by atoms with van der Waals surface area (Å²) in [5.41, 5.74) is 1.43. The number of rotatable bonds is 5. The lowest BCUT2D eigenvalue weighted by molar-refractivity contribution is 0.561. The molecule has 0 saturated heterocycles. The number of hydrogen-bond donors (Lipinski definition) is 2. The summed E-state index contributed by atoms with van der Waals surface area (Å²) in [4.78, 5) is 13.3. The van der Waals surface area contributed by atoms with E-state index < -0.39 is 10.0 Å². The average Bonchev–Trinajstić information content (AvgIpc) is 2.69. The quantitative estimate of drug-likeness (QED) is 0.881. The molecular formula is C13H16N2O3S2. The van der Waals surface area contributed by atoms with Crippen molar-refractivity contribution in [2.75, 3.05) is 0 Å². The van der Waals surface area contributed by atoms with Gasteiger partial charge in [0.05, 0.1) is 0 Å². The molecule has 0 aliphatic heterocycles. The molecule has 2 aromatic rings. The Kier molecular flexibility index (Phi) is 4.42. The van der Waals surface area contributed by atoms with E-state index in [-0.39, 0.29) is 15.1 Å². The highest BCUT2D eigenvalue weighted by atomic mass is 32.2. The molecule has 0 amide bonds. The summed E-state index contributed by atoms with van der Waals surface area (Å²) in [7, 11) is -3.65. The molecule has 1 aromatic carbocycles. The molecule has 0 aliphatic rings. The molecule has 2 N–H and O–H groups in total. The van der Waals surface area contributed by atoms with Gasteiger partial charge in [0.15, 0.2) is 4.21 Å². The number of sulfonamides is 1. The third-order valence-corrected chi connectivity index (χ3v) is 5.96. The molecule has 108 valence electrons. The van der Waals surface area contributed by atoms with Crippen LogP contribution in [0.15, 0.2) is 39.3 Å². The zero-order valence-corrected chi connectivity index (χ0v) is 12.8. The van der Waals surface area contributed by atoms with E-state index in [2.05, 4.69) is 9.71 Å². The first-order chi connectivity index (χ1) is 9.38. The van der Waals surface area contributed by atoms with E-state index in [1.165, 1.54) is 0 Å². The molecule has 0 fully saturated rings. The Labute approximate surface area is 121 Å². The monoisotopic (exact) mass is 312 g/mol. The van der Waals surface area contributed by atoms with Gasteiger partial charge in [0.1, 0.15) is 0 Å². The predicted octanol–water partition coefficient (Wildman–Crippen LogP) is 1.65. The van der Waals surface area contributed by atoms with E-state index in [1.54, 1.807) is 13.8 Å². The summed E-state index contributed by atoms with van der Waals surface area (Å²) < 4.78 is 27.1. The molecule has 2 rings (SSSR count). The number of nitrogens with one attached hydrogen (secondary N) is 2. The van der Waals surface area contributed by atoms with Crippen LogP contribution in [-0.4, -0.2) is 19.4 Å². The number of aromatic nitrogens is 1. The maximum atomic E-state index is 12.2. The Balaban J connectivity index is 2.12. The average molecular weight is 312 g/mol. The number of aromatic amines is 1. The molecule has 1 atom stereocenters. The first-order valence-corrected chi connectivity index (χ1v) is 8.44. The number of thiazole rings is 1. The highest BCUT2D eigenvalue weighted by Gasteiger charge is 2.22. The summed E-state index contributed by atoms with van der Waals surface area (Å²) in [5, 5.41) is 0. The number of benzene rings is 1. The third-order valence-electron chi connectivity index (χ3n) is 2.77. The highest BCUT2D eigenvalue weighted by Crippen LogP contribution is 2.16. The zero-order valence-electron chi connectivity index (χ0n) is 11.2. The lowest BCUT2D eigenvalue weighted by Crippen LogP contribution is -2.34. The van der Waals surface area contributed by atoms with Crippen molar-refractivity contribution in [3.63, 3.8) is 0 Å². The van der Waals surface area contributed by atoms with Crippen molar-refractivity contribution in [3.05, 3.63) is 51.3 Å². The van der Waals surface area contributed by atoms with E-state index in [0.29, 0.717) is 23.5 Å². The van der Waals surface area contributed by atoms with Crippen molar-refractivity contribution in [1.82, 2.24) is 9.71 Å². The molecule has 7 heteroatoms. The Hall–Kier alpha value is -1.44. The van der Waals surface area contributed by atoms with Crippen molar-refractivity contribution in [2.24, 2.45) is 0 Å². The van der Waals surface area contributed by atoms with Crippen molar-refractivity contribution in [3.8, 4) is 0 Å². The topological polar surface area (TPSA) is 79.0 Å². The van der Waals surface area contributed by atoms with E-state index in [1.807, 2.05) is 30.3 Å². The molecule has 1 aromatic heterocycles. The van der Waals surface area contributed by atoms with Crippen LogP contribution in [0.3, 0.4) is 0 Å². The molecule has 0 radical (unpaired) electrons. The van der Waals surface area contributed by atoms with Crippen LogP contribution < -0.4 is 9.60 Å². The maximum absolute atomic E-state index is 12.2. The van der Waals surface area contributed by atoms with E-state index in [4.69, 9.17) is 0 Å². The van der Waals surface area contributed by atoms with Gasteiger partial charge in [-0.2, -0.15) is 0 Å². The van der Waals surface area contributed by atoms with Gasteiger partial charge in [-0.15, -0.1) is 0 Å². The number of aryl methyl sites for hydroxylation is 1. The third kappa shape index (κ3) is 3.56. The summed E-state index contributed by atoms with van der Waals surface area (Å²) in [5.74, 6) is 0. The summed E-state index contributed by atoms with van der Waals surface area (Å²) in [6.07, 6.45) is 0.596. The minimum Gasteiger partial charge on any atom is -0.315 e. The van der Waals surface area contributed by atoms with Gasteiger partial charge in [-0.3, -0.25) is 4.79 Å². The van der Waals surface area contributed by atoms with Crippen molar-refractivity contribution >= 4 is 21.4 Å². The second-order valence-electron chi connectivity index (χ2n) is 4.64. The van der Waals surface area contributed by atoms with E-state index >= 15 is 0 Å². The molecule has 20 heavy (non-hydrogen) atoms. The van der Waals surface area contributed by atoms with Crippen molar-refractivity contribution < 1.29 is 8.42 Å². The van der Waals surface area contributed by atoms with Crippen LogP contribution in [0.1, 0.15) is 18.2 Å². The van der Waals surface area contributed by atoms with Crippen LogP contribution in [0.2, 0.25) is 0 Å². The number of H-pyrrole nitrogens is 1. The minimum absolute atomic E-state index is 0.0578. The van der Waals surface area contributed by atoms with Gasteiger partial charge in [-0.1, -0.05) is 41.7 Å². The van der Waals surface area contributed by atoms with Gasteiger partial charge in [-0.25, -0.2) is 13.1 Å². The smallest absolute Gasteiger partial charge is 0.305 e. The molecule has 0 aliphatic carbocycles. The second kappa shape index (κ2) is 5.90. The zero-order chi connectivity index (χ0) is 14.8. The van der Waals surface area contributed by atoms with Gasteiger partial charge >= 0.3 is 4.87 Å². The molecule has 5 nitrogen and oxygen atoms in total. The second-order valence-corrected chi connectivity index (χ2v) is 7.53. The molecular weight excluding hydrogens is 296 g/mol. The fraction of sp³-hybridized carbons (Fsp3) is 0.308. The molecule has 1 heterocycles. The van der Waals surface area contributed by atoms with Crippen molar-refractivity contribution in [1.29, 1.82) is 0 Å². The van der Waals surface area contributed by atoms with Gasteiger partial charge < -0.3 is 4.98 Å². The van der Waals surface area contributed by atoms with Crippen LogP contribution in [0, 0.1) is 6.92 Å². The first-order valence-electron chi connectivity index (χ1n) is 6.14. The highest BCUT2D eigenvalue weighted by molar-refractivity contribution is 7.91. The van der Waals surface area contributed by atoms with Crippen LogP contribution in [0.5, 0.6) is 0 Å². The van der Waals surface area contributed by atoms with Crippen LogP contribution in [0.4, 0.5) is 0 Å². The minimum atomic E-state index is -3.65. The van der Waals surface area contributed by atoms with Gasteiger partial charge in [0.25, 0.3) is 10.0 Å². The first kappa shape index (κ1) is 15.0. The van der Waals surface area contributed by atoms with Crippen LogP contribution >= 0.6 is 11.3 Å². The lowest BCUT2D eigenvalue weighted by atomic mass is 10.1. The van der Waals surface area contributed by atoms with Gasteiger partial charge in [0.2, 0.25) is 0 Å². The van der Waals surface area contributed by atoms with Crippen molar-refractivity contribution in [2.45, 2.75) is 30.5 Å². The summed E-state index contributed by atoms with van der Waals surface area (Å²) in [6.45, 7) is 3.38. The fourth-order valence-electron chi connectivity index (χ4n) is 1.97. The predicted molar refractivity (Wildman–Crippen MR) is 79.6 cm³/mol. The van der Waals surface area contributed by atoms with E-state index in [0.717, 1.165) is 5.56 Å². The normalized spacial score (nSPS) is 13.3. The molecule has 0 spiro atoms. The molecule has 0 saturated carbocycles.